The minimum absolute atomic E-state index is 0.117. The zero-order valence-electron chi connectivity index (χ0n) is 16.5. The van der Waals surface area contributed by atoms with Crippen molar-refractivity contribution in [2.24, 2.45) is 7.05 Å². The topological polar surface area (TPSA) is 38.1 Å². The fraction of sp³-hybridized carbons (Fsp3) is 0.429. The molecule has 0 radical (unpaired) electrons. The first-order valence-corrected chi connectivity index (χ1v) is 9.23. The zero-order chi connectivity index (χ0) is 20.7. The molecular formula is C21H24F3N3O. The number of amides is 1. The SMILES string of the molecule is C=C(c1c(C)cccc1C)C(C)N(C(=O)c1c(C(F)F)nn(C)c1F)C1CC1. The molecule has 0 aliphatic heterocycles. The van der Waals surface area contributed by atoms with Gasteiger partial charge in [-0.05, 0) is 55.9 Å². The van der Waals surface area contributed by atoms with Crippen LogP contribution in [-0.4, -0.2) is 32.7 Å². The van der Waals surface area contributed by atoms with Gasteiger partial charge in [0.15, 0.2) is 0 Å². The van der Waals surface area contributed by atoms with Crippen LogP contribution in [0.5, 0.6) is 0 Å². The molecule has 2 aromatic rings. The van der Waals surface area contributed by atoms with Crippen LogP contribution in [0.25, 0.3) is 5.57 Å². The van der Waals surface area contributed by atoms with Crippen LogP contribution in [0.1, 0.15) is 58.9 Å². The molecule has 1 atom stereocenters. The van der Waals surface area contributed by atoms with Crippen LogP contribution in [-0.2, 0) is 7.05 Å². The molecule has 1 fully saturated rings. The second-order valence-corrected chi connectivity index (χ2v) is 7.39. The van der Waals surface area contributed by atoms with Crippen LogP contribution in [0.3, 0.4) is 0 Å². The van der Waals surface area contributed by atoms with E-state index in [1.807, 2.05) is 32.0 Å². The minimum Gasteiger partial charge on any atom is -0.329 e. The van der Waals surface area contributed by atoms with E-state index in [1.54, 1.807) is 6.92 Å². The monoisotopic (exact) mass is 391 g/mol. The third kappa shape index (κ3) is 3.45. The summed E-state index contributed by atoms with van der Waals surface area (Å²) >= 11 is 0. The molecule has 3 rings (SSSR count). The molecule has 4 nitrogen and oxygen atoms in total. The maximum Gasteiger partial charge on any atom is 0.283 e. The van der Waals surface area contributed by atoms with Gasteiger partial charge in [-0.1, -0.05) is 24.8 Å². The van der Waals surface area contributed by atoms with Crippen molar-refractivity contribution in [1.82, 2.24) is 14.7 Å². The summed E-state index contributed by atoms with van der Waals surface area (Å²) in [5.74, 6) is -1.81. The van der Waals surface area contributed by atoms with Gasteiger partial charge in [-0.3, -0.25) is 4.79 Å². The van der Waals surface area contributed by atoms with E-state index in [0.717, 1.165) is 29.5 Å². The first-order valence-electron chi connectivity index (χ1n) is 9.23. The van der Waals surface area contributed by atoms with Gasteiger partial charge in [-0.25, -0.2) is 13.5 Å². The zero-order valence-corrected chi connectivity index (χ0v) is 16.5. The summed E-state index contributed by atoms with van der Waals surface area (Å²) in [6.07, 6.45) is -1.53. The normalized spacial score (nSPS) is 15.0. The van der Waals surface area contributed by atoms with Crippen LogP contribution in [0.4, 0.5) is 13.2 Å². The average molecular weight is 391 g/mol. The van der Waals surface area contributed by atoms with Gasteiger partial charge in [0.2, 0.25) is 5.95 Å². The summed E-state index contributed by atoms with van der Waals surface area (Å²) in [5.41, 5.74) is 2.21. The largest absolute Gasteiger partial charge is 0.329 e. The highest BCUT2D eigenvalue weighted by atomic mass is 19.3. The van der Waals surface area contributed by atoms with Gasteiger partial charge >= 0.3 is 0 Å². The summed E-state index contributed by atoms with van der Waals surface area (Å²) in [6, 6.07) is 5.27. The van der Waals surface area contributed by atoms with Crippen molar-refractivity contribution in [2.45, 2.75) is 52.1 Å². The van der Waals surface area contributed by atoms with Gasteiger partial charge < -0.3 is 4.90 Å². The number of halogens is 3. The number of carbonyl (C=O) groups is 1. The quantitative estimate of drug-likeness (QED) is 0.708. The maximum absolute atomic E-state index is 14.5. The number of rotatable bonds is 6. The molecule has 1 unspecified atom stereocenters. The van der Waals surface area contributed by atoms with Crippen molar-refractivity contribution in [3.8, 4) is 0 Å². The predicted molar refractivity (Wildman–Crippen MR) is 102 cm³/mol. The second-order valence-electron chi connectivity index (χ2n) is 7.39. The molecule has 1 aromatic carbocycles. The molecule has 1 amide bonds. The smallest absolute Gasteiger partial charge is 0.283 e. The van der Waals surface area contributed by atoms with E-state index < -0.39 is 35.6 Å². The van der Waals surface area contributed by atoms with Crippen molar-refractivity contribution >= 4 is 11.5 Å². The molecule has 1 saturated carbocycles. The highest BCUT2D eigenvalue weighted by molar-refractivity contribution is 5.97. The van der Waals surface area contributed by atoms with E-state index in [1.165, 1.54) is 11.9 Å². The lowest BCUT2D eigenvalue weighted by molar-refractivity contribution is 0.0698. The summed E-state index contributed by atoms with van der Waals surface area (Å²) in [7, 11) is 1.21. The van der Waals surface area contributed by atoms with E-state index in [9.17, 15) is 18.0 Å². The first kappa shape index (κ1) is 20.2. The molecule has 1 aliphatic rings. The Hall–Kier alpha value is -2.57. The number of hydrogen-bond donors (Lipinski definition) is 0. The third-order valence-electron chi connectivity index (χ3n) is 5.32. The number of nitrogens with zero attached hydrogens (tertiary/aromatic N) is 3. The Morgan fingerprint density at radius 1 is 1.25 bits per heavy atom. The van der Waals surface area contributed by atoms with Crippen molar-refractivity contribution in [3.63, 3.8) is 0 Å². The van der Waals surface area contributed by atoms with Crippen LogP contribution < -0.4 is 0 Å². The number of aryl methyl sites for hydroxylation is 3. The summed E-state index contributed by atoms with van der Waals surface area (Å²) in [5, 5.41) is 3.51. The van der Waals surface area contributed by atoms with E-state index in [2.05, 4.69) is 11.7 Å². The Kier molecular flexibility index (Phi) is 5.37. The van der Waals surface area contributed by atoms with Crippen LogP contribution >= 0.6 is 0 Å². The number of benzene rings is 1. The van der Waals surface area contributed by atoms with Gasteiger partial charge in [-0.2, -0.15) is 9.49 Å². The standard InChI is InChI=1S/C21H24F3N3O/c1-11-7-6-8-12(2)16(11)13(3)14(4)27(15-9-10-15)21(28)17-18(19(22)23)25-26(5)20(17)24/h6-8,14-15,19H,3,9-10H2,1-2,4-5H3. The predicted octanol–water partition coefficient (Wildman–Crippen LogP) is 4.82. The highest BCUT2D eigenvalue weighted by Crippen LogP contribution is 2.37. The fourth-order valence-electron chi connectivity index (χ4n) is 3.71. The molecule has 0 N–H and O–H groups in total. The number of alkyl halides is 2. The van der Waals surface area contributed by atoms with Crippen molar-refractivity contribution in [2.75, 3.05) is 0 Å². The summed E-state index contributed by atoms with van der Waals surface area (Å²) in [4.78, 5) is 14.7. The molecular weight excluding hydrogens is 367 g/mol. The Labute approximate surface area is 162 Å². The maximum atomic E-state index is 14.5. The Morgan fingerprint density at radius 2 is 1.82 bits per heavy atom. The fourth-order valence-corrected chi connectivity index (χ4v) is 3.71. The molecule has 0 spiro atoms. The van der Waals surface area contributed by atoms with Crippen molar-refractivity contribution in [3.05, 3.63) is 58.7 Å². The van der Waals surface area contributed by atoms with Gasteiger partial charge in [0.25, 0.3) is 12.3 Å². The van der Waals surface area contributed by atoms with Crippen LogP contribution in [0.2, 0.25) is 0 Å². The van der Waals surface area contributed by atoms with E-state index in [0.29, 0.717) is 10.3 Å². The van der Waals surface area contributed by atoms with Gasteiger partial charge in [0.1, 0.15) is 11.3 Å². The lowest BCUT2D eigenvalue weighted by atomic mass is 9.91. The molecule has 1 heterocycles. The molecule has 0 bridgehead atoms. The summed E-state index contributed by atoms with van der Waals surface area (Å²) < 4.78 is 41.9. The number of carbonyl (C=O) groups excluding carboxylic acids is 1. The van der Waals surface area contributed by atoms with Crippen molar-refractivity contribution < 1.29 is 18.0 Å². The molecule has 0 saturated heterocycles. The van der Waals surface area contributed by atoms with Crippen LogP contribution in [0.15, 0.2) is 24.8 Å². The lowest BCUT2D eigenvalue weighted by Crippen LogP contribution is -2.41. The highest BCUT2D eigenvalue weighted by Gasteiger charge is 2.41. The van der Waals surface area contributed by atoms with Gasteiger partial charge in [0.05, 0.1) is 6.04 Å². The third-order valence-corrected chi connectivity index (χ3v) is 5.32. The minimum atomic E-state index is -3.03. The Morgan fingerprint density at radius 3 is 2.32 bits per heavy atom. The van der Waals surface area contributed by atoms with Gasteiger partial charge in [0, 0.05) is 13.1 Å². The molecule has 1 aliphatic carbocycles. The molecule has 150 valence electrons. The van der Waals surface area contributed by atoms with Crippen LogP contribution in [0, 0.1) is 19.8 Å². The average Bonchev–Trinajstić information content (AvgIpc) is 3.40. The number of hydrogen-bond acceptors (Lipinski definition) is 2. The second kappa shape index (κ2) is 7.45. The first-order chi connectivity index (χ1) is 13.1. The number of aromatic nitrogens is 2. The Bertz CT molecular complexity index is 911. The summed E-state index contributed by atoms with van der Waals surface area (Å²) in [6.45, 7) is 9.90. The molecule has 7 heteroatoms. The van der Waals surface area contributed by atoms with E-state index in [4.69, 9.17) is 0 Å². The Balaban J connectivity index is 2.01. The van der Waals surface area contributed by atoms with E-state index in [-0.39, 0.29) is 6.04 Å². The van der Waals surface area contributed by atoms with Gasteiger partial charge in [-0.15, -0.1) is 0 Å². The van der Waals surface area contributed by atoms with E-state index >= 15 is 0 Å². The van der Waals surface area contributed by atoms with Crippen molar-refractivity contribution in [1.29, 1.82) is 0 Å². The molecule has 28 heavy (non-hydrogen) atoms. The lowest BCUT2D eigenvalue weighted by Gasteiger charge is -2.32. The molecule has 1 aromatic heterocycles.